The van der Waals surface area contributed by atoms with Gasteiger partial charge in [-0.2, -0.15) is 0 Å². The fraction of sp³-hybridized carbons (Fsp3) is 0.294. The zero-order valence-corrected chi connectivity index (χ0v) is 11.9. The van der Waals surface area contributed by atoms with Crippen molar-refractivity contribution in [2.75, 3.05) is 6.61 Å². The van der Waals surface area contributed by atoms with Crippen molar-refractivity contribution in [2.45, 2.75) is 25.5 Å². The Bertz CT molecular complexity index is 550. The summed E-state index contributed by atoms with van der Waals surface area (Å²) in [6.07, 6.45) is 0. The second kappa shape index (κ2) is 6.07. The monoisotopic (exact) mass is 271 g/mol. The number of ether oxygens (including phenoxy) is 1. The number of hydrogen-bond acceptors (Lipinski definition) is 3. The normalized spacial score (nSPS) is 15.4. The Labute approximate surface area is 120 Å². The summed E-state index contributed by atoms with van der Waals surface area (Å²) in [5.74, 6) is 0.721. The van der Waals surface area contributed by atoms with Crippen LogP contribution >= 0.6 is 0 Å². The van der Waals surface area contributed by atoms with E-state index in [0.29, 0.717) is 0 Å². The maximum atomic E-state index is 10.5. The van der Waals surface area contributed by atoms with E-state index in [0.717, 1.165) is 16.9 Å². The number of rotatable bonds is 5. The summed E-state index contributed by atoms with van der Waals surface area (Å²) in [7, 11) is 0. The molecule has 0 bridgehead atoms. The summed E-state index contributed by atoms with van der Waals surface area (Å²) in [5, 5.41) is 10.5. The molecule has 0 aliphatic heterocycles. The van der Waals surface area contributed by atoms with Gasteiger partial charge in [-0.3, -0.25) is 0 Å². The molecule has 0 spiro atoms. The molecular formula is C17H21NO2. The minimum absolute atomic E-state index is 0.104. The van der Waals surface area contributed by atoms with E-state index in [1.165, 1.54) is 0 Å². The molecular weight excluding hydrogens is 250 g/mol. The van der Waals surface area contributed by atoms with Gasteiger partial charge in [0.05, 0.1) is 0 Å². The molecule has 0 saturated heterocycles. The van der Waals surface area contributed by atoms with Crippen molar-refractivity contribution in [2.24, 2.45) is 5.73 Å². The zero-order chi connectivity index (χ0) is 14.6. The van der Waals surface area contributed by atoms with Crippen LogP contribution in [0.4, 0.5) is 0 Å². The summed E-state index contributed by atoms with van der Waals surface area (Å²) < 4.78 is 5.79. The molecule has 2 rings (SSSR count). The highest BCUT2D eigenvalue weighted by Gasteiger charge is 2.24. The number of hydrogen-bond donors (Lipinski definition) is 2. The van der Waals surface area contributed by atoms with Crippen molar-refractivity contribution in [1.29, 1.82) is 0 Å². The van der Waals surface area contributed by atoms with Crippen LogP contribution in [0.25, 0.3) is 0 Å². The predicted molar refractivity (Wildman–Crippen MR) is 80.6 cm³/mol. The van der Waals surface area contributed by atoms with Gasteiger partial charge < -0.3 is 15.6 Å². The molecule has 2 aromatic rings. The molecule has 0 aliphatic carbocycles. The van der Waals surface area contributed by atoms with E-state index < -0.39 is 5.60 Å². The number of para-hydroxylation sites is 1. The van der Waals surface area contributed by atoms with E-state index >= 15 is 0 Å². The van der Waals surface area contributed by atoms with Crippen LogP contribution in [0, 0.1) is 0 Å². The topological polar surface area (TPSA) is 55.5 Å². The minimum Gasteiger partial charge on any atom is -0.490 e. The molecule has 0 aromatic heterocycles. The van der Waals surface area contributed by atoms with Gasteiger partial charge >= 0.3 is 0 Å². The Morgan fingerprint density at radius 1 is 1.10 bits per heavy atom. The summed E-state index contributed by atoms with van der Waals surface area (Å²) in [4.78, 5) is 0. The van der Waals surface area contributed by atoms with Crippen LogP contribution in [0.5, 0.6) is 5.75 Å². The Hall–Kier alpha value is -1.84. The first-order valence-corrected chi connectivity index (χ1v) is 6.76. The van der Waals surface area contributed by atoms with Gasteiger partial charge in [0.15, 0.2) is 0 Å². The Balaban J connectivity index is 2.13. The third kappa shape index (κ3) is 3.38. The number of aliphatic hydroxyl groups is 1. The fourth-order valence-electron chi connectivity index (χ4n) is 2.09. The standard InChI is InChI=1S/C17H21NO2/c1-13(18)15-10-6-7-11-16(15)20-12-17(2,19)14-8-4-3-5-9-14/h3-11,13,19H,12,18H2,1-2H3/t13-,17?/m1/s1. The fourth-order valence-corrected chi connectivity index (χ4v) is 2.09. The Morgan fingerprint density at radius 2 is 1.70 bits per heavy atom. The second-order valence-electron chi connectivity index (χ2n) is 5.26. The smallest absolute Gasteiger partial charge is 0.124 e. The van der Waals surface area contributed by atoms with Gasteiger partial charge in [0.25, 0.3) is 0 Å². The molecule has 0 amide bonds. The summed E-state index contributed by atoms with van der Waals surface area (Å²) in [5.41, 5.74) is 6.66. The molecule has 0 saturated carbocycles. The van der Waals surface area contributed by atoms with Crippen LogP contribution < -0.4 is 10.5 Å². The lowest BCUT2D eigenvalue weighted by molar-refractivity contribution is 0.00722. The highest BCUT2D eigenvalue weighted by Crippen LogP contribution is 2.26. The average Bonchev–Trinajstić information content (AvgIpc) is 2.46. The van der Waals surface area contributed by atoms with Crippen molar-refractivity contribution in [3.8, 4) is 5.75 Å². The first kappa shape index (κ1) is 14.6. The maximum absolute atomic E-state index is 10.5. The second-order valence-corrected chi connectivity index (χ2v) is 5.26. The van der Waals surface area contributed by atoms with E-state index in [4.69, 9.17) is 10.5 Å². The largest absolute Gasteiger partial charge is 0.490 e. The summed E-state index contributed by atoms with van der Waals surface area (Å²) in [6.45, 7) is 3.84. The van der Waals surface area contributed by atoms with Gasteiger partial charge in [-0.1, -0.05) is 48.5 Å². The highest BCUT2D eigenvalue weighted by molar-refractivity contribution is 5.35. The van der Waals surface area contributed by atoms with Crippen LogP contribution in [-0.2, 0) is 5.60 Å². The predicted octanol–water partition coefficient (Wildman–Crippen LogP) is 2.99. The van der Waals surface area contributed by atoms with E-state index in [-0.39, 0.29) is 12.6 Å². The molecule has 2 aromatic carbocycles. The quantitative estimate of drug-likeness (QED) is 0.879. The first-order valence-electron chi connectivity index (χ1n) is 6.76. The van der Waals surface area contributed by atoms with Crippen LogP contribution in [0.15, 0.2) is 54.6 Å². The average molecular weight is 271 g/mol. The molecule has 20 heavy (non-hydrogen) atoms. The third-order valence-corrected chi connectivity index (χ3v) is 3.31. The zero-order valence-electron chi connectivity index (χ0n) is 11.9. The van der Waals surface area contributed by atoms with Crippen LogP contribution in [0.3, 0.4) is 0 Å². The van der Waals surface area contributed by atoms with E-state index in [1.54, 1.807) is 6.92 Å². The molecule has 3 heteroatoms. The lowest BCUT2D eigenvalue weighted by Gasteiger charge is -2.25. The van der Waals surface area contributed by atoms with E-state index in [1.807, 2.05) is 61.5 Å². The van der Waals surface area contributed by atoms with Crippen LogP contribution in [0.1, 0.15) is 31.0 Å². The molecule has 1 unspecified atom stereocenters. The number of nitrogens with two attached hydrogens (primary N) is 1. The van der Waals surface area contributed by atoms with Gasteiger partial charge in [0, 0.05) is 11.6 Å². The van der Waals surface area contributed by atoms with Crippen molar-refractivity contribution < 1.29 is 9.84 Å². The molecule has 2 atom stereocenters. The molecule has 0 radical (unpaired) electrons. The maximum Gasteiger partial charge on any atom is 0.124 e. The minimum atomic E-state index is -1.04. The SMILES string of the molecule is C[C@@H](N)c1ccccc1OCC(C)(O)c1ccccc1. The van der Waals surface area contributed by atoms with Gasteiger partial charge in [-0.25, -0.2) is 0 Å². The van der Waals surface area contributed by atoms with Crippen molar-refractivity contribution in [1.82, 2.24) is 0 Å². The lowest BCUT2D eigenvalue weighted by Crippen LogP contribution is -2.29. The van der Waals surface area contributed by atoms with Gasteiger partial charge in [0.1, 0.15) is 18.0 Å². The van der Waals surface area contributed by atoms with E-state index in [9.17, 15) is 5.11 Å². The van der Waals surface area contributed by atoms with E-state index in [2.05, 4.69) is 0 Å². The van der Waals surface area contributed by atoms with Crippen molar-refractivity contribution in [3.05, 3.63) is 65.7 Å². The van der Waals surface area contributed by atoms with Crippen molar-refractivity contribution in [3.63, 3.8) is 0 Å². The van der Waals surface area contributed by atoms with Crippen LogP contribution in [-0.4, -0.2) is 11.7 Å². The highest BCUT2D eigenvalue weighted by atomic mass is 16.5. The van der Waals surface area contributed by atoms with Crippen molar-refractivity contribution >= 4 is 0 Å². The molecule has 3 nitrogen and oxygen atoms in total. The Kier molecular flexibility index (Phi) is 4.42. The number of benzene rings is 2. The molecule has 0 heterocycles. The summed E-state index contributed by atoms with van der Waals surface area (Å²) >= 11 is 0. The van der Waals surface area contributed by atoms with Gasteiger partial charge in [-0.05, 0) is 25.5 Å². The molecule has 0 fully saturated rings. The van der Waals surface area contributed by atoms with Crippen LogP contribution in [0.2, 0.25) is 0 Å². The first-order chi connectivity index (χ1) is 9.50. The van der Waals surface area contributed by atoms with Gasteiger partial charge in [-0.15, -0.1) is 0 Å². The lowest BCUT2D eigenvalue weighted by atomic mass is 9.97. The third-order valence-electron chi connectivity index (χ3n) is 3.31. The molecule has 0 aliphatic rings. The molecule has 3 N–H and O–H groups in total. The summed E-state index contributed by atoms with van der Waals surface area (Å²) in [6, 6.07) is 17.1. The molecule has 106 valence electrons. The Morgan fingerprint density at radius 3 is 2.35 bits per heavy atom. The van der Waals surface area contributed by atoms with Gasteiger partial charge in [0.2, 0.25) is 0 Å².